The normalized spacial score (nSPS) is 15.1. The number of carbonyl (C=O) groups is 1. The van der Waals surface area contributed by atoms with E-state index < -0.39 is 21.8 Å². The van der Waals surface area contributed by atoms with E-state index in [-0.39, 0.29) is 4.21 Å². The van der Waals surface area contributed by atoms with Gasteiger partial charge in [-0.05, 0) is 37.5 Å². The molecule has 12 heteroatoms. The first-order valence-corrected chi connectivity index (χ1v) is 13.4. The van der Waals surface area contributed by atoms with Crippen LogP contribution >= 0.6 is 34.5 Å². The van der Waals surface area contributed by atoms with Gasteiger partial charge in [-0.2, -0.15) is 0 Å². The Morgan fingerprint density at radius 2 is 1.97 bits per heavy atom. The summed E-state index contributed by atoms with van der Waals surface area (Å²) in [4.78, 5) is 23.4. The number of piperidine rings is 1. The molecule has 3 aromatic heterocycles. The van der Waals surface area contributed by atoms with Crippen LogP contribution in [0, 0.1) is 12.8 Å². The lowest BCUT2D eigenvalue weighted by Crippen LogP contribution is -2.42. The zero-order valence-corrected chi connectivity index (χ0v) is 21.1. The molecule has 0 unspecified atom stereocenters. The van der Waals surface area contributed by atoms with E-state index in [0.29, 0.717) is 47.0 Å². The highest BCUT2D eigenvalue weighted by molar-refractivity contribution is 7.92. The fraction of sp³-hybridized carbons (Fsp3) is 0.381. The minimum absolute atomic E-state index is 0.0157. The number of nitrogens with zero attached hydrogens (tertiary/aromatic N) is 3. The van der Waals surface area contributed by atoms with Crippen LogP contribution < -0.4 is 9.62 Å². The maximum absolute atomic E-state index is 12.6. The number of anilines is 1. The molecule has 4 heterocycles. The summed E-state index contributed by atoms with van der Waals surface area (Å²) < 4.78 is 33.1. The first-order chi connectivity index (χ1) is 15.7. The van der Waals surface area contributed by atoms with Crippen molar-refractivity contribution >= 4 is 56.3 Å². The molecule has 1 aliphatic heterocycles. The largest absolute Gasteiger partial charge is 0.441 e. The zero-order valence-electron chi connectivity index (χ0n) is 18.0. The third-order valence-electron chi connectivity index (χ3n) is 5.59. The number of thiophene rings is 1. The number of sulfonamides is 1. The topological polar surface area (TPSA) is 105 Å². The number of rotatable bonds is 6. The van der Waals surface area contributed by atoms with Crippen LogP contribution in [0.2, 0.25) is 9.36 Å². The van der Waals surface area contributed by atoms with Gasteiger partial charge in [0.15, 0.2) is 0 Å². The van der Waals surface area contributed by atoms with Crippen LogP contribution in [-0.2, 0) is 21.2 Å². The third kappa shape index (κ3) is 5.03. The van der Waals surface area contributed by atoms with Crippen LogP contribution in [0.15, 0.2) is 33.2 Å². The van der Waals surface area contributed by atoms with Gasteiger partial charge in [0, 0.05) is 31.6 Å². The molecule has 8 nitrogen and oxygen atoms in total. The molecule has 4 rings (SSSR count). The van der Waals surface area contributed by atoms with Crippen LogP contribution in [0.25, 0.3) is 11.5 Å². The second-order valence-corrected chi connectivity index (χ2v) is 11.7. The van der Waals surface area contributed by atoms with Crippen LogP contribution in [0.5, 0.6) is 0 Å². The van der Waals surface area contributed by atoms with E-state index >= 15 is 0 Å². The molecule has 1 saturated heterocycles. The molecule has 0 bridgehead atoms. The van der Waals surface area contributed by atoms with E-state index in [1.54, 1.807) is 12.4 Å². The van der Waals surface area contributed by atoms with Gasteiger partial charge in [0.2, 0.25) is 11.8 Å². The maximum Gasteiger partial charge on any atom is 0.273 e. The summed E-state index contributed by atoms with van der Waals surface area (Å²) in [6, 6.07) is 2.87. The van der Waals surface area contributed by atoms with E-state index in [0.717, 1.165) is 34.6 Å². The summed E-state index contributed by atoms with van der Waals surface area (Å²) in [6.07, 6.45) is 5.09. The molecule has 0 radical (unpaired) electrons. The number of pyridine rings is 1. The second kappa shape index (κ2) is 9.61. The number of aromatic nitrogens is 2. The number of oxazole rings is 1. The lowest BCUT2D eigenvalue weighted by atomic mass is 9.96. The molecule has 1 amide bonds. The lowest BCUT2D eigenvalue weighted by Gasteiger charge is -2.32. The van der Waals surface area contributed by atoms with Crippen molar-refractivity contribution in [2.24, 2.45) is 5.92 Å². The molecule has 0 spiro atoms. The van der Waals surface area contributed by atoms with E-state index in [1.807, 2.05) is 18.7 Å². The SMILES string of the molecule is CCc1cnc(-c2cnc(N3CCC(C(=O)NS(=O)(=O)c4ccc(Cl)s4)CC3)c(Cl)c2C)o1. The minimum Gasteiger partial charge on any atom is -0.441 e. The Bertz CT molecular complexity index is 1280. The molecule has 0 saturated carbocycles. The van der Waals surface area contributed by atoms with Crippen molar-refractivity contribution < 1.29 is 17.6 Å². The van der Waals surface area contributed by atoms with Gasteiger partial charge in [-0.15, -0.1) is 11.3 Å². The summed E-state index contributed by atoms with van der Waals surface area (Å²) in [6.45, 7) is 4.92. The van der Waals surface area contributed by atoms with E-state index in [4.69, 9.17) is 27.6 Å². The molecule has 0 atom stereocenters. The Labute approximate surface area is 206 Å². The number of amides is 1. The number of aryl methyl sites for hydroxylation is 1. The summed E-state index contributed by atoms with van der Waals surface area (Å²) in [7, 11) is -3.92. The summed E-state index contributed by atoms with van der Waals surface area (Å²) in [5.74, 6) is 0.953. The van der Waals surface area contributed by atoms with Crippen molar-refractivity contribution in [3.63, 3.8) is 0 Å². The summed E-state index contributed by atoms with van der Waals surface area (Å²) in [5.41, 5.74) is 1.54. The number of carbonyl (C=O) groups excluding carboxylic acids is 1. The molecule has 0 aromatic carbocycles. The Balaban J connectivity index is 1.42. The molecule has 1 fully saturated rings. The molecule has 1 N–H and O–H groups in total. The van der Waals surface area contributed by atoms with E-state index in [9.17, 15) is 13.2 Å². The van der Waals surface area contributed by atoms with Gasteiger partial charge in [-0.1, -0.05) is 30.1 Å². The molecule has 1 aliphatic rings. The van der Waals surface area contributed by atoms with Gasteiger partial charge < -0.3 is 9.32 Å². The van der Waals surface area contributed by atoms with Crippen molar-refractivity contribution in [1.82, 2.24) is 14.7 Å². The predicted octanol–water partition coefficient (Wildman–Crippen LogP) is 4.70. The highest BCUT2D eigenvalue weighted by Gasteiger charge is 2.30. The number of hydrogen-bond acceptors (Lipinski definition) is 8. The number of nitrogens with one attached hydrogen (secondary N) is 1. The Morgan fingerprint density at radius 3 is 2.58 bits per heavy atom. The monoisotopic (exact) mass is 528 g/mol. The average molecular weight is 529 g/mol. The van der Waals surface area contributed by atoms with Gasteiger partial charge in [-0.3, -0.25) is 4.79 Å². The van der Waals surface area contributed by atoms with Crippen molar-refractivity contribution in [2.75, 3.05) is 18.0 Å². The summed E-state index contributed by atoms with van der Waals surface area (Å²) >= 11 is 13.4. The van der Waals surface area contributed by atoms with Gasteiger partial charge in [-0.25, -0.2) is 23.1 Å². The molecular formula is C21H22Cl2N4O4S2. The van der Waals surface area contributed by atoms with Crippen molar-refractivity contribution in [2.45, 2.75) is 37.3 Å². The standard InChI is InChI=1S/C21H22Cl2N4O4S2/c1-3-14-10-25-21(31-14)15-11-24-19(18(23)12(15)2)27-8-6-13(7-9-27)20(28)26-33(29,30)17-5-4-16(22)32-17/h4-5,10-11,13H,3,6-9H2,1-2H3,(H,26,28). The van der Waals surface area contributed by atoms with Gasteiger partial charge in [0.05, 0.1) is 21.1 Å². The fourth-order valence-corrected chi connectivity index (χ4v) is 6.45. The lowest BCUT2D eigenvalue weighted by molar-refractivity contribution is -0.123. The van der Waals surface area contributed by atoms with Gasteiger partial charge >= 0.3 is 0 Å². The van der Waals surface area contributed by atoms with Crippen molar-refractivity contribution in [1.29, 1.82) is 0 Å². The molecule has 3 aromatic rings. The average Bonchev–Trinajstić information content (AvgIpc) is 3.45. The quantitative estimate of drug-likeness (QED) is 0.494. The van der Waals surface area contributed by atoms with Gasteiger partial charge in [0.1, 0.15) is 15.8 Å². The Morgan fingerprint density at radius 1 is 1.24 bits per heavy atom. The second-order valence-electron chi connectivity index (χ2n) is 7.71. The van der Waals surface area contributed by atoms with E-state index in [2.05, 4.69) is 14.7 Å². The third-order valence-corrected chi connectivity index (χ3v) is 9.11. The molecule has 176 valence electrons. The van der Waals surface area contributed by atoms with Crippen LogP contribution in [0.1, 0.15) is 31.1 Å². The highest BCUT2D eigenvalue weighted by Crippen LogP contribution is 2.35. The van der Waals surface area contributed by atoms with Crippen LogP contribution in [0.3, 0.4) is 0 Å². The predicted molar refractivity (Wildman–Crippen MR) is 128 cm³/mol. The first-order valence-electron chi connectivity index (χ1n) is 10.4. The molecule has 0 aliphatic carbocycles. The van der Waals surface area contributed by atoms with Crippen LogP contribution in [0.4, 0.5) is 5.82 Å². The Kier molecular flexibility index (Phi) is 6.99. The van der Waals surface area contributed by atoms with Gasteiger partial charge in [0.25, 0.3) is 10.0 Å². The minimum atomic E-state index is -3.92. The smallest absolute Gasteiger partial charge is 0.273 e. The fourth-order valence-electron chi connectivity index (χ4n) is 3.66. The number of hydrogen-bond donors (Lipinski definition) is 1. The molecule has 33 heavy (non-hydrogen) atoms. The highest BCUT2D eigenvalue weighted by atomic mass is 35.5. The van der Waals surface area contributed by atoms with Crippen molar-refractivity contribution in [3.8, 4) is 11.5 Å². The van der Waals surface area contributed by atoms with Crippen molar-refractivity contribution in [3.05, 3.63) is 45.2 Å². The van der Waals surface area contributed by atoms with E-state index in [1.165, 1.54) is 12.1 Å². The molecular weight excluding hydrogens is 507 g/mol. The first kappa shape index (κ1) is 24.0. The van der Waals surface area contributed by atoms with Crippen LogP contribution in [-0.4, -0.2) is 37.4 Å². The zero-order chi connectivity index (χ0) is 23.8. The Hall–Kier alpha value is -2.14. The maximum atomic E-state index is 12.6. The number of halogens is 2. The summed E-state index contributed by atoms with van der Waals surface area (Å²) in [5, 5.41) is 0.504.